The largest absolute Gasteiger partial charge is 0.493 e. The SMILES string of the molecule is COc1cnn(C)c1C(=O)c1cc(C)oc1C. The van der Waals surface area contributed by atoms with Gasteiger partial charge >= 0.3 is 0 Å². The Morgan fingerprint density at radius 3 is 2.71 bits per heavy atom. The lowest BCUT2D eigenvalue weighted by Crippen LogP contribution is -2.09. The Balaban J connectivity index is 2.50. The molecule has 0 fully saturated rings. The maximum absolute atomic E-state index is 12.3. The van der Waals surface area contributed by atoms with Crippen LogP contribution in [0.1, 0.15) is 27.6 Å². The number of rotatable bonds is 3. The van der Waals surface area contributed by atoms with Gasteiger partial charge in [0.2, 0.25) is 5.78 Å². The zero-order valence-corrected chi connectivity index (χ0v) is 10.3. The molecule has 0 aliphatic heterocycles. The van der Waals surface area contributed by atoms with E-state index in [4.69, 9.17) is 9.15 Å². The number of aryl methyl sites for hydroxylation is 3. The first kappa shape index (κ1) is 11.4. The standard InChI is InChI=1S/C12H14N2O3/c1-7-5-9(8(2)17-7)12(15)11-10(16-4)6-13-14(11)3/h5-6H,1-4H3. The van der Waals surface area contributed by atoms with Crippen molar-refractivity contribution in [2.45, 2.75) is 13.8 Å². The quantitative estimate of drug-likeness (QED) is 0.761. The van der Waals surface area contributed by atoms with Crippen LogP contribution in [0.2, 0.25) is 0 Å². The molecule has 0 N–H and O–H groups in total. The summed E-state index contributed by atoms with van der Waals surface area (Å²) in [6.45, 7) is 3.58. The number of nitrogens with zero attached hydrogens (tertiary/aromatic N) is 2. The van der Waals surface area contributed by atoms with Gasteiger partial charge in [-0.05, 0) is 19.9 Å². The zero-order chi connectivity index (χ0) is 12.6. The van der Waals surface area contributed by atoms with Crippen LogP contribution in [0.25, 0.3) is 0 Å². The molecule has 0 aliphatic carbocycles. The lowest BCUT2D eigenvalue weighted by atomic mass is 10.1. The minimum atomic E-state index is -0.142. The van der Waals surface area contributed by atoms with Gasteiger partial charge in [0.1, 0.15) is 11.5 Å². The second-order valence-electron chi connectivity index (χ2n) is 3.84. The van der Waals surface area contributed by atoms with E-state index in [9.17, 15) is 4.79 Å². The molecule has 2 heterocycles. The third-order valence-corrected chi connectivity index (χ3v) is 2.63. The summed E-state index contributed by atoms with van der Waals surface area (Å²) >= 11 is 0. The molecular weight excluding hydrogens is 220 g/mol. The smallest absolute Gasteiger partial charge is 0.218 e. The number of methoxy groups -OCH3 is 1. The summed E-state index contributed by atoms with van der Waals surface area (Å²) in [6, 6.07) is 1.73. The summed E-state index contributed by atoms with van der Waals surface area (Å²) in [7, 11) is 3.22. The van der Waals surface area contributed by atoms with Gasteiger partial charge in [0, 0.05) is 7.05 Å². The Hall–Kier alpha value is -2.04. The summed E-state index contributed by atoms with van der Waals surface area (Å²) < 4.78 is 12.0. The van der Waals surface area contributed by atoms with Crippen molar-refractivity contribution in [1.29, 1.82) is 0 Å². The van der Waals surface area contributed by atoms with Crippen molar-refractivity contribution < 1.29 is 13.9 Å². The van der Waals surface area contributed by atoms with Crippen molar-refractivity contribution >= 4 is 5.78 Å². The maximum atomic E-state index is 12.3. The predicted molar refractivity (Wildman–Crippen MR) is 61.4 cm³/mol. The minimum Gasteiger partial charge on any atom is -0.493 e. The fraction of sp³-hybridized carbons (Fsp3) is 0.333. The summed E-state index contributed by atoms with van der Waals surface area (Å²) in [4.78, 5) is 12.3. The van der Waals surface area contributed by atoms with Crippen molar-refractivity contribution in [1.82, 2.24) is 9.78 Å². The molecule has 5 heteroatoms. The molecule has 0 radical (unpaired) electrons. The normalized spacial score (nSPS) is 10.6. The number of carbonyl (C=O) groups excluding carboxylic acids is 1. The molecule has 0 spiro atoms. The maximum Gasteiger partial charge on any atom is 0.218 e. The molecule has 2 rings (SSSR count). The van der Waals surface area contributed by atoms with E-state index < -0.39 is 0 Å². The van der Waals surface area contributed by atoms with Gasteiger partial charge in [0.25, 0.3) is 0 Å². The van der Waals surface area contributed by atoms with E-state index in [0.29, 0.717) is 28.5 Å². The Kier molecular flexibility index (Phi) is 2.75. The molecule has 2 aromatic rings. The molecule has 5 nitrogen and oxygen atoms in total. The van der Waals surface area contributed by atoms with Gasteiger partial charge < -0.3 is 9.15 Å². The molecule has 0 unspecified atom stereocenters. The Labute approximate surface area is 99.0 Å². The fourth-order valence-electron chi connectivity index (χ4n) is 1.81. The second-order valence-corrected chi connectivity index (χ2v) is 3.84. The molecular formula is C12H14N2O3. The highest BCUT2D eigenvalue weighted by atomic mass is 16.5. The molecule has 0 amide bonds. The fourth-order valence-corrected chi connectivity index (χ4v) is 1.81. The van der Waals surface area contributed by atoms with Gasteiger partial charge in [0.05, 0.1) is 18.9 Å². The van der Waals surface area contributed by atoms with Gasteiger partial charge in [-0.3, -0.25) is 9.48 Å². The highest BCUT2D eigenvalue weighted by Gasteiger charge is 2.22. The van der Waals surface area contributed by atoms with Crippen LogP contribution in [0.3, 0.4) is 0 Å². The molecule has 0 bridgehead atoms. The van der Waals surface area contributed by atoms with Crippen molar-refractivity contribution in [2.75, 3.05) is 7.11 Å². The number of carbonyl (C=O) groups is 1. The van der Waals surface area contributed by atoms with Crippen molar-refractivity contribution in [3.63, 3.8) is 0 Å². The average Bonchev–Trinajstić information content (AvgIpc) is 2.80. The van der Waals surface area contributed by atoms with E-state index in [2.05, 4.69) is 5.10 Å². The highest BCUT2D eigenvalue weighted by molar-refractivity contribution is 6.10. The molecule has 0 saturated carbocycles. The Bertz CT molecular complexity index is 566. The van der Waals surface area contributed by atoms with Crippen LogP contribution < -0.4 is 4.74 Å². The molecule has 17 heavy (non-hydrogen) atoms. The molecule has 0 aromatic carbocycles. The van der Waals surface area contributed by atoms with E-state index >= 15 is 0 Å². The van der Waals surface area contributed by atoms with Crippen molar-refractivity contribution in [3.8, 4) is 5.75 Å². The van der Waals surface area contributed by atoms with Crippen molar-refractivity contribution in [3.05, 3.63) is 35.0 Å². The molecule has 0 aliphatic rings. The van der Waals surface area contributed by atoms with E-state index in [1.54, 1.807) is 20.0 Å². The van der Waals surface area contributed by atoms with E-state index in [1.807, 2.05) is 6.92 Å². The number of hydrogen-bond acceptors (Lipinski definition) is 4. The van der Waals surface area contributed by atoms with Gasteiger partial charge in [-0.25, -0.2) is 0 Å². The molecule has 0 atom stereocenters. The predicted octanol–water partition coefficient (Wildman–Crippen LogP) is 1.87. The first-order valence-corrected chi connectivity index (χ1v) is 5.22. The first-order chi connectivity index (χ1) is 8.04. The Morgan fingerprint density at radius 2 is 2.18 bits per heavy atom. The number of ether oxygens (including phenoxy) is 1. The summed E-state index contributed by atoms with van der Waals surface area (Å²) in [5.41, 5.74) is 0.973. The number of furan rings is 1. The van der Waals surface area contributed by atoms with Crippen LogP contribution in [-0.2, 0) is 7.05 Å². The summed E-state index contributed by atoms with van der Waals surface area (Å²) in [5, 5.41) is 4.01. The van der Waals surface area contributed by atoms with E-state index in [0.717, 1.165) is 0 Å². The zero-order valence-electron chi connectivity index (χ0n) is 10.3. The molecule has 90 valence electrons. The molecule has 2 aromatic heterocycles. The van der Waals surface area contributed by atoms with Crippen LogP contribution in [0.15, 0.2) is 16.7 Å². The first-order valence-electron chi connectivity index (χ1n) is 5.22. The van der Waals surface area contributed by atoms with Crippen LogP contribution >= 0.6 is 0 Å². The van der Waals surface area contributed by atoms with E-state index in [-0.39, 0.29) is 5.78 Å². The summed E-state index contributed by atoms with van der Waals surface area (Å²) in [5.74, 6) is 1.65. The van der Waals surface area contributed by atoms with Crippen LogP contribution in [-0.4, -0.2) is 22.7 Å². The van der Waals surface area contributed by atoms with Gasteiger partial charge in [-0.2, -0.15) is 5.10 Å². The van der Waals surface area contributed by atoms with Gasteiger partial charge in [0.15, 0.2) is 11.4 Å². The van der Waals surface area contributed by atoms with Crippen LogP contribution in [0.4, 0.5) is 0 Å². The Morgan fingerprint density at radius 1 is 1.47 bits per heavy atom. The second kappa shape index (κ2) is 4.08. The summed E-state index contributed by atoms with van der Waals surface area (Å²) in [6.07, 6.45) is 1.52. The van der Waals surface area contributed by atoms with Gasteiger partial charge in [-0.1, -0.05) is 0 Å². The highest BCUT2D eigenvalue weighted by Crippen LogP contribution is 2.23. The van der Waals surface area contributed by atoms with Crippen molar-refractivity contribution in [2.24, 2.45) is 7.05 Å². The van der Waals surface area contributed by atoms with Crippen LogP contribution in [0, 0.1) is 13.8 Å². The number of aromatic nitrogens is 2. The lowest BCUT2D eigenvalue weighted by Gasteiger charge is -2.03. The third kappa shape index (κ3) is 1.84. The number of hydrogen-bond donors (Lipinski definition) is 0. The van der Waals surface area contributed by atoms with E-state index in [1.165, 1.54) is 18.0 Å². The lowest BCUT2D eigenvalue weighted by molar-refractivity contribution is 0.102. The minimum absolute atomic E-state index is 0.142. The van der Waals surface area contributed by atoms with Crippen LogP contribution in [0.5, 0.6) is 5.75 Å². The molecule has 0 saturated heterocycles. The number of ketones is 1. The average molecular weight is 234 g/mol. The third-order valence-electron chi connectivity index (χ3n) is 2.63. The van der Waals surface area contributed by atoms with Gasteiger partial charge in [-0.15, -0.1) is 0 Å². The topological polar surface area (TPSA) is 57.3 Å². The monoisotopic (exact) mass is 234 g/mol.